The fourth-order valence-corrected chi connectivity index (χ4v) is 2.87. The number of carbonyl (C=O) groups excluding carboxylic acids is 1. The molecule has 0 atom stereocenters. The number of rotatable bonds is 4. The van der Waals surface area contributed by atoms with Gasteiger partial charge in [0.2, 0.25) is 0 Å². The summed E-state index contributed by atoms with van der Waals surface area (Å²) in [5.74, 6) is 0.981. The van der Waals surface area contributed by atoms with Gasteiger partial charge in [-0.3, -0.25) is 4.79 Å². The number of halogens is 1. The lowest BCUT2D eigenvalue weighted by atomic mass is 9.97. The summed E-state index contributed by atoms with van der Waals surface area (Å²) in [5.41, 5.74) is 0.777. The normalized spacial score (nSPS) is 15.3. The lowest BCUT2D eigenvalue weighted by Gasteiger charge is -2.31. The molecule has 126 valence electrons. The Balaban J connectivity index is 1.69. The zero-order chi connectivity index (χ0) is 16.9. The molecule has 1 aliphatic rings. The Hall–Kier alpha value is -2.50. The second kappa shape index (κ2) is 7.38. The number of anilines is 1. The predicted octanol–water partition coefficient (Wildman–Crippen LogP) is 3.06. The number of nitrogens with zero attached hydrogens (tertiary/aromatic N) is 3. The maximum Gasteiger partial charge on any atom is 0.309 e. The smallest absolute Gasteiger partial charge is 0.309 e. The van der Waals surface area contributed by atoms with E-state index in [1.807, 2.05) is 13.0 Å². The van der Waals surface area contributed by atoms with Gasteiger partial charge in [-0.25, -0.2) is 14.4 Å². The van der Waals surface area contributed by atoms with Crippen molar-refractivity contribution in [1.29, 1.82) is 0 Å². The summed E-state index contributed by atoms with van der Waals surface area (Å²) in [6, 6.07) is 7.99. The van der Waals surface area contributed by atoms with E-state index in [4.69, 9.17) is 4.74 Å². The van der Waals surface area contributed by atoms with Crippen LogP contribution >= 0.6 is 0 Å². The van der Waals surface area contributed by atoms with Crippen LogP contribution < -0.4 is 4.90 Å². The van der Waals surface area contributed by atoms with Gasteiger partial charge in [-0.2, -0.15) is 0 Å². The first-order valence-corrected chi connectivity index (χ1v) is 8.18. The van der Waals surface area contributed by atoms with Gasteiger partial charge < -0.3 is 9.64 Å². The lowest BCUT2D eigenvalue weighted by Crippen LogP contribution is -2.37. The van der Waals surface area contributed by atoms with Crippen molar-refractivity contribution in [2.75, 3.05) is 24.6 Å². The third-order valence-corrected chi connectivity index (χ3v) is 4.18. The van der Waals surface area contributed by atoms with E-state index in [-0.39, 0.29) is 17.7 Å². The van der Waals surface area contributed by atoms with Gasteiger partial charge in [-0.05, 0) is 50.1 Å². The summed E-state index contributed by atoms with van der Waals surface area (Å²) in [6.07, 6.45) is 3.22. The zero-order valence-corrected chi connectivity index (χ0v) is 13.6. The van der Waals surface area contributed by atoms with Crippen LogP contribution in [0.4, 0.5) is 10.2 Å². The SMILES string of the molecule is CCOC(=O)C1CCN(c2ccnc(-c3ccc(F)cc3)n2)CC1. The predicted molar refractivity (Wildman–Crippen MR) is 89.0 cm³/mol. The van der Waals surface area contributed by atoms with Gasteiger partial charge in [0, 0.05) is 24.8 Å². The fourth-order valence-electron chi connectivity index (χ4n) is 2.87. The Morgan fingerprint density at radius 3 is 2.62 bits per heavy atom. The highest BCUT2D eigenvalue weighted by atomic mass is 19.1. The molecule has 0 aliphatic carbocycles. The number of hydrogen-bond acceptors (Lipinski definition) is 5. The van der Waals surface area contributed by atoms with E-state index in [2.05, 4.69) is 14.9 Å². The molecule has 1 saturated heterocycles. The molecule has 2 aromatic rings. The standard InChI is InChI=1S/C18H20FN3O2/c1-2-24-18(23)14-8-11-22(12-9-14)16-7-10-20-17(21-16)13-3-5-15(19)6-4-13/h3-7,10,14H,2,8-9,11-12H2,1H3. The number of carbonyl (C=O) groups is 1. The van der Waals surface area contributed by atoms with E-state index in [1.54, 1.807) is 18.3 Å². The molecular formula is C18H20FN3O2. The molecule has 5 nitrogen and oxygen atoms in total. The second-order valence-electron chi connectivity index (χ2n) is 5.76. The third kappa shape index (κ3) is 3.69. The van der Waals surface area contributed by atoms with Gasteiger partial charge in [-0.15, -0.1) is 0 Å². The van der Waals surface area contributed by atoms with Crippen molar-refractivity contribution >= 4 is 11.8 Å². The number of esters is 1. The van der Waals surface area contributed by atoms with Crippen molar-refractivity contribution in [3.63, 3.8) is 0 Å². The average molecular weight is 329 g/mol. The van der Waals surface area contributed by atoms with Crippen LogP contribution in [-0.4, -0.2) is 35.6 Å². The number of ether oxygens (including phenoxy) is 1. The monoisotopic (exact) mass is 329 g/mol. The first-order chi connectivity index (χ1) is 11.7. The Kier molecular flexibility index (Phi) is 5.03. The Morgan fingerprint density at radius 1 is 1.25 bits per heavy atom. The van der Waals surface area contributed by atoms with Crippen LogP contribution in [-0.2, 0) is 9.53 Å². The highest BCUT2D eigenvalue weighted by molar-refractivity contribution is 5.72. The summed E-state index contributed by atoms with van der Waals surface area (Å²) >= 11 is 0. The van der Waals surface area contributed by atoms with Gasteiger partial charge in [0.25, 0.3) is 0 Å². The Bertz CT molecular complexity index is 698. The molecule has 0 unspecified atom stereocenters. The Labute approximate surface area is 140 Å². The van der Waals surface area contributed by atoms with Crippen LogP contribution in [0.5, 0.6) is 0 Å². The molecule has 1 aromatic heterocycles. The molecule has 0 saturated carbocycles. The molecule has 24 heavy (non-hydrogen) atoms. The number of hydrogen-bond donors (Lipinski definition) is 0. The van der Waals surface area contributed by atoms with Gasteiger partial charge >= 0.3 is 5.97 Å². The van der Waals surface area contributed by atoms with E-state index in [0.29, 0.717) is 12.4 Å². The van der Waals surface area contributed by atoms with Gasteiger partial charge in [0.1, 0.15) is 11.6 Å². The first-order valence-electron chi connectivity index (χ1n) is 8.18. The fraction of sp³-hybridized carbons (Fsp3) is 0.389. The van der Waals surface area contributed by atoms with Crippen molar-refractivity contribution in [2.24, 2.45) is 5.92 Å². The topological polar surface area (TPSA) is 55.3 Å². The van der Waals surface area contributed by atoms with Crippen molar-refractivity contribution < 1.29 is 13.9 Å². The van der Waals surface area contributed by atoms with E-state index in [1.165, 1.54) is 12.1 Å². The number of aromatic nitrogens is 2. The van der Waals surface area contributed by atoms with Crippen LogP contribution in [0.25, 0.3) is 11.4 Å². The largest absolute Gasteiger partial charge is 0.466 e. The minimum absolute atomic E-state index is 0.0281. The summed E-state index contributed by atoms with van der Waals surface area (Å²) in [6.45, 7) is 3.75. The maximum absolute atomic E-state index is 13.0. The highest BCUT2D eigenvalue weighted by Crippen LogP contribution is 2.24. The zero-order valence-electron chi connectivity index (χ0n) is 13.6. The summed E-state index contributed by atoms with van der Waals surface area (Å²) in [7, 11) is 0. The molecular weight excluding hydrogens is 309 g/mol. The second-order valence-corrected chi connectivity index (χ2v) is 5.76. The summed E-state index contributed by atoms with van der Waals surface area (Å²) in [5, 5.41) is 0. The van der Waals surface area contributed by atoms with Crippen LogP contribution in [0, 0.1) is 11.7 Å². The molecule has 0 amide bonds. The molecule has 3 rings (SSSR count). The molecule has 1 aliphatic heterocycles. The van der Waals surface area contributed by atoms with E-state index in [9.17, 15) is 9.18 Å². The summed E-state index contributed by atoms with van der Waals surface area (Å²) < 4.78 is 18.1. The molecule has 1 aromatic carbocycles. The van der Waals surface area contributed by atoms with Crippen LogP contribution in [0.2, 0.25) is 0 Å². The van der Waals surface area contributed by atoms with Crippen LogP contribution in [0.3, 0.4) is 0 Å². The quantitative estimate of drug-likeness (QED) is 0.807. The number of piperidine rings is 1. The van der Waals surface area contributed by atoms with Crippen molar-refractivity contribution in [1.82, 2.24) is 9.97 Å². The minimum Gasteiger partial charge on any atom is -0.466 e. The maximum atomic E-state index is 13.0. The highest BCUT2D eigenvalue weighted by Gasteiger charge is 2.26. The minimum atomic E-state index is -0.282. The van der Waals surface area contributed by atoms with E-state index < -0.39 is 0 Å². The first kappa shape index (κ1) is 16.4. The van der Waals surface area contributed by atoms with E-state index >= 15 is 0 Å². The third-order valence-electron chi connectivity index (χ3n) is 4.18. The van der Waals surface area contributed by atoms with Crippen LogP contribution in [0.1, 0.15) is 19.8 Å². The Morgan fingerprint density at radius 2 is 1.96 bits per heavy atom. The molecule has 0 bridgehead atoms. The van der Waals surface area contributed by atoms with Crippen molar-refractivity contribution in [3.05, 3.63) is 42.3 Å². The average Bonchev–Trinajstić information content (AvgIpc) is 2.63. The van der Waals surface area contributed by atoms with Gasteiger partial charge in [0.15, 0.2) is 5.82 Å². The molecule has 0 N–H and O–H groups in total. The molecule has 0 radical (unpaired) electrons. The number of benzene rings is 1. The lowest BCUT2D eigenvalue weighted by molar-refractivity contribution is -0.148. The molecule has 0 spiro atoms. The molecule has 6 heteroatoms. The molecule has 2 heterocycles. The van der Waals surface area contributed by atoms with Gasteiger partial charge in [-0.1, -0.05) is 0 Å². The summed E-state index contributed by atoms with van der Waals surface area (Å²) in [4.78, 5) is 22.8. The van der Waals surface area contributed by atoms with E-state index in [0.717, 1.165) is 37.3 Å². The van der Waals surface area contributed by atoms with Gasteiger partial charge in [0.05, 0.1) is 12.5 Å². The van der Waals surface area contributed by atoms with Crippen molar-refractivity contribution in [2.45, 2.75) is 19.8 Å². The van der Waals surface area contributed by atoms with Crippen LogP contribution in [0.15, 0.2) is 36.5 Å². The molecule has 1 fully saturated rings. The van der Waals surface area contributed by atoms with Crippen molar-refractivity contribution in [3.8, 4) is 11.4 Å².